The second-order valence-corrected chi connectivity index (χ2v) is 7.48. The van der Waals surface area contributed by atoms with Crippen molar-refractivity contribution in [3.63, 3.8) is 0 Å². The number of nitriles is 1. The van der Waals surface area contributed by atoms with Crippen LogP contribution in [0.5, 0.6) is 0 Å². The van der Waals surface area contributed by atoms with E-state index in [1.54, 1.807) is 0 Å². The summed E-state index contributed by atoms with van der Waals surface area (Å²) >= 11 is 1.88. The van der Waals surface area contributed by atoms with E-state index in [1.165, 1.54) is 24.3 Å². The molecule has 0 amide bonds. The minimum atomic E-state index is -4.23. The number of rotatable bonds is 3. The van der Waals surface area contributed by atoms with Crippen LogP contribution in [0.3, 0.4) is 0 Å². The van der Waals surface area contributed by atoms with Crippen molar-refractivity contribution >= 4 is 33.2 Å². The third-order valence-electron chi connectivity index (χ3n) is 2.08. The van der Waals surface area contributed by atoms with Gasteiger partial charge in [-0.3, -0.25) is 4.55 Å². The Bertz CT molecular complexity index is 773. The van der Waals surface area contributed by atoms with Crippen LogP contribution in [0.1, 0.15) is 6.99 Å². The van der Waals surface area contributed by atoms with E-state index in [0.717, 1.165) is 29.2 Å². The van der Waals surface area contributed by atoms with E-state index in [9.17, 15) is 12.8 Å². The summed E-state index contributed by atoms with van der Waals surface area (Å²) in [6.45, 7) is 0. The maximum Gasteiger partial charge on any atom is 1.00 e. The molecule has 0 bridgehead atoms. The first-order chi connectivity index (χ1) is 8.90. The van der Waals surface area contributed by atoms with E-state index in [0.29, 0.717) is 4.21 Å². The molecule has 0 fully saturated rings. The van der Waals surface area contributed by atoms with Gasteiger partial charge in [-0.15, -0.1) is 11.3 Å². The maximum atomic E-state index is 13.6. The number of hydrogen-bond donors (Lipinski definition) is 1. The van der Waals surface area contributed by atoms with Crippen molar-refractivity contribution in [1.82, 2.24) is 0 Å². The Morgan fingerprint density at radius 2 is 2.05 bits per heavy atom. The van der Waals surface area contributed by atoms with E-state index in [-0.39, 0.29) is 67.5 Å². The van der Waals surface area contributed by atoms with E-state index in [2.05, 4.69) is 0 Å². The van der Waals surface area contributed by atoms with Gasteiger partial charge in [0, 0.05) is 4.90 Å². The van der Waals surface area contributed by atoms with Gasteiger partial charge in [-0.1, -0.05) is 11.8 Å². The maximum absolute atomic E-state index is 13.6. The van der Waals surface area contributed by atoms with Crippen molar-refractivity contribution < 1.29 is 70.2 Å². The van der Waals surface area contributed by atoms with Crippen molar-refractivity contribution in [3.8, 4) is 6.07 Å². The van der Waals surface area contributed by atoms with Crippen LogP contribution in [0.15, 0.2) is 43.6 Å². The average molecular weight is 355 g/mol. The van der Waals surface area contributed by atoms with Gasteiger partial charge in [0.25, 0.3) is 0 Å². The zero-order chi connectivity index (χ0) is 14.0. The van der Waals surface area contributed by atoms with Gasteiger partial charge in [0.1, 0.15) is 10.0 Å². The molecule has 20 heavy (non-hydrogen) atoms. The molecule has 0 spiro atoms. The molecule has 1 aromatic heterocycles. The van der Waals surface area contributed by atoms with E-state index < -0.39 is 15.9 Å². The second-order valence-electron chi connectivity index (χ2n) is 3.41. The van der Waals surface area contributed by atoms with Crippen LogP contribution < -0.4 is 51.4 Å². The van der Waals surface area contributed by atoms with Crippen LogP contribution in [0.2, 0.25) is 0 Å². The molecule has 9 heteroatoms. The van der Waals surface area contributed by atoms with Crippen molar-refractivity contribution in [1.29, 1.82) is 5.26 Å². The van der Waals surface area contributed by atoms with Crippen molar-refractivity contribution in [2.45, 2.75) is 13.3 Å². The van der Waals surface area contributed by atoms with Gasteiger partial charge in [0.15, 0.2) is 0 Å². The van der Waals surface area contributed by atoms with Gasteiger partial charge in [-0.05, 0) is 30.3 Å². The molecule has 0 atom stereocenters. The number of nitrogens with zero attached hydrogens (tertiary/aromatic N) is 1. The van der Waals surface area contributed by atoms with Crippen molar-refractivity contribution in [2.24, 2.45) is 0 Å². The quantitative estimate of drug-likeness (QED) is 0.632. The molecule has 2 aromatic rings. The van der Waals surface area contributed by atoms with Crippen LogP contribution in [0.25, 0.3) is 0 Å². The van der Waals surface area contributed by atoms with E-state index >= 15 is 0 Å². The standard InChI is InChI=1S/C11H6FNO3S3.K.H/c12-8-5-7(6-13)1-2-9(8)17-10-3-4-11(18-10)19(14,15)16;;/h1-5H,(H,14,15,16);;/q;+1;-1. The topological polar surface area (TPSA) is 78.2 Å². The Labute approximate surface area is 167 Å². The Morgan fingerprint density at radius 1 is 1.35 bits per heavy atom. The molecule has 1 heterocycles. The van der Waals surface area contributed by atoms with Gasteiger partial charge >= 0.3 is 61.5 Å². The van der Waals surface area contributed by atoms with Gasteiger partial charge in [-0.25, -0.2) is 4.39 Å². The second kappa shape index (κ2) is 7.48. The smallest absolute Gasteiger partial charge is 1.00 e. The molecular formula is C11H7FKNO3S3. The minimum Gasteiger partial charge on any atom is -1.00 e. The van der Waals surface area contributed by atoms with E-state index in [1.807, 2.05) is 6.07 Å². The molecule has 0 aliphatic heterocycles. The Balaban J connectivity index is 0.00000200. The van der Waals surface area contributed by atoms with Gasteiger partial charge in [0.05, 0.1) is 15.8 Å². The van der Waals surface area contributed by atoms with Crippen molar-refractivity contribution in [2.75, 3.05) is 0 Å². The summed E-state index contributed by atoms with van der Waals surface area (Å²) < 4.78 is 44.6. The Morgan fingerprint density at radius 3 is 2.55 bits per heavy atom. The number of benzene rings is 1. The summed E-state index contributed by atoms with van der Waals surface area (Å²) in [5.41, 5.74) is 0.214. The SMILES string of the molecule is N#Cc1ccc(Sc2ccc(S(=O)(=O)O)s2)c(F)c1.[H-].[K+]. The van der Waals surface area contributed by atoms with Crippen LogP contribution in [-0.4, -0.2) is 13.0 Å². The fourth-order valence-corrected chi connectivity index (χ4v) is 4.17. The predicted octanol–water partition coefficient (Wildman–Crippen LogP) is 0.273. The average Bonchev–Trinajstić information content (AvgIpc) is 2.80. The number of thiophene rings is 1. The van der Waals surface area contributed by atoms with Gasteiger partial charge < -0.3 is 1.43 Å². The van der Waals surface area contributed by atoms with Gasteiger partial charge in [-0.2, -0.15) is 13.7 Å². The zero-order valence-electron chi connectivity index (χ0n) is 11.2. The summed E-state index contributed by atoms with van der Waals surface area (Å²) in [5, 5.41) is 8.62. The third kappa shape index (κ3) is 4.62. The summed E-state index contributed by atoms with van der Waals surface area (Å²) in [7, 11) is -4.23. The largest absolute Gasteiger partial charge is 1.00 e. The molecule has 4 nitrogen and oxygen atoms in total. The molecule has 1 aromatic carbocycles. The monoisotopic (exact) mass is 355 g/mol. The van der Waals surface area contributed by atoms with Crippen LogP contribution in [-0.2, 0) is 10.1 Å². The Kier molecular flexibility index (Phi) is 6.84. The van der Waals surface area contributed by atoms with Crippen LogP contribution in [0.4, 0.5) is 4.39 Å². The molecule has 0 saturated carbocycles. The molecule has 0 radical (unpaired) electrons. The first-order valence-corrected chi connectivity index (χ1v) is 7.92. The molecule has 1 N–H and O–H groups in total. The fraction of sp³-hybridized carbons (Fsp3) is 0. The molecule has 2 rings (SSSR count). The summed E-state index contributed by atoms with van der Waals surface area (Å²) in [5.74, 6) is -0.550. The molecule has 0 aliphatic carbocycles. The molecule has 0 aliphatic rings. The first kappa shape index (κ1) is 18.3. The Hall–Kier alpha value is 0.236. The molecular weight excluding hydrogens is 348 g/mol. The molecule has 0 saturated heterocycles. The summed E-state index contributed by atoms with van der Waals surface area (Å²) in [4.78, 5) is 0.280. The number of halogens is 1. The normalized spacial score (nSPS) is 10.7. The summed E-state index contributed by atoms with van der Waals surface area (Å²) in [6.07, 6.45) is 0. The fourth-order valence-electron chi connectivity index (χ4n) is 1.26. The zero-order valence-corrected chi connectivity index (χ0v) is 15.8. The minimum absolute atomic E-state index is 0. The van der Waals surface area contributed by atoms with E-state index in [4.69, 9.17) is 9.81 Å². The third-order valence-corrected chi connectivity index (χ3v) is 5.67. The molecule has 0 unspecified atom stereocenters. The van der Waals surface area contributed by atoms with Crippen LogP contribution >= 0.6 is 23.1 Å². The molecule has 100 valence electrons. The van der Waals surface area contributed by atoms with Gasteiger partial charge in [0.2, 0.25) is 0 Å². The first-order valence-electron chi connectivity index (χ1n) is 4.85. The summed E-state index contributed by atoms with van der Waals surface area (Å²) in [6, 6.07) is 8.60. The predicted molar refractivity (Wildman–Crippen MR) is 70.5 cm³/mol. The van der Waals surface area contributed by atoms with Crippen LogP contribution in [0, 0.1) is 17.1 Å². The number of hydrogen-bond acceptors (Lipinski definition) is 5. The van der Waals surface area contributed by atoms with Crippen molar-refractivity contribution in [3.05, 3.63) is 41.7 Å².